The second kappa shape index (κ2) is 11.2. The molecule has 0 amide bonds. The Morgan fingerprint density at radius 3 is 2.15 bits per heavy atom. The van der Waals surface area contributed by atoms with Crippen LogP contribution in [0, 0.1) is 0 Å². The summed E-state index contributed by atoms with van der Waals surface area (Å²) in [5.41, 5.74) is 6.58. The first kappa shape index (κ1) is 25.1. The van der Waals surface area contributed by atoms with Crippen LogP contribution in [0.3, 0.4) is 0 Å². The fourth-order valence-corrected chi connectivity index (χ4v) is 6.13. The van der Waals surface area contributed by atoms with Crippen LogP contribution in [0.5, 0.6) is 0 Å². The minimum absolute atomic E-state index is 0. The second-order valence-corrected chi connectivity index (χ2v) is 9.86. The maximum Gasteiger partial charge on any atom is 0.0537 e. The van der Waals surface area contributed by atoms with E-state index < -0.39 is 0 Å². The molecule has 3 aromatic carbocycles. The van der Waals surface area contributed by atoms with Crippen molar-refractivity contribution in [3.05, 3.63) is 94.0 Å². The molecule has 0 bridgehead atoms. The molecule has 5 heteroatoms. The van der Waals surface area contributed by atoms with Crippen molar-refractivity contribution in [3.63, 3.8) is 0 Å². The summed E-state index contributed by atoms with van der Waals surface area (Å²) >= 11 is 13.0. The van der Waals surface area contributed by atoms with Crippen molar-refractivity contribution in [1.82, 2.24) is 9.47 Å². The van der Waals surface area contributed by atoms with Crippen LogP contribution in [0.2, 0.25) is 10.0 Å². The number of aromatic nitrogens is 1. The van der Waals surface area contributed by atoms with Crippen molar-refractivity contribution in [2.45, 2.75) is 45.2 Å². The summed E-state index contributed by atoms with van der Waals surface area (Å²) in [5.74, 6) is 0.428. The van der Waals surface area contributed by atoms with Gasteiger partial charge in [-0.25, -0.2) is 0 Å². The number of rotatable bonds is 6. The van der Waals surface area contributed by atoms with E-state index in [0.29, 0.717) is 5.92 Å². The van der Waals surface area contributed by atoms with Crippen LogP contribution in [-0.2, 0) is 13.1 Å². The van der Waals surface area contributed by atoms with Crippen molar-refractivity contribution < 1.29 is 0 Å². The largest absolute Gasteiger partial charge is 0.340 e. The third-order valence-corrected chi connectivity index (χ3v) is 7.61. The second-order valence-electron chi connectivity index (χ2n) is 9.05. The molecule has 0 saturated carbocycles. The number of likely N-dealkylation sites (tertiary alicyclic amines) is 1. The lowest BCUT2D eigenvalue weighted by Crippen LogP contribution is -2.32. The Balaban J connectivity index is 0.00000274. The van der Waals surface area contributed by atoms with Gasteiger partial charge in [0.1, 0.15) is 0 Å². The molecule has 0 spiro atoms. The summed E-state index contributed by atoms with van der Waals surface area (Å²) in [6.07, 6.45) is 3.28. The summed E-state index contributed by atoms with van der Waals surface area (Å²) in [7, 11) is 0. The van der Waals surface area contributed by atoms with Gasteiger partial charge in [0.05, 0.1) is 5.69 Å². The Morgan fingerprint density at radius 2 is 1.47 bits per heavy atom. The van der Waals surface area contributed by atoms with Crippen molar-refractivity contribution in [2.75, 3.05) is 13.1 Å². The molecule has 1 aliphatic rings. The van der Waals surface area contributed by atoms with Gasteiger partial charge in [0, 0.05) is 34.0 Å². The van der Waals surface area contributed by atoms with Crippen LogP contribution in [0.15, 0.2) is 72.8 Å². The van der Waals surface area contributed by atoms with Crippen molar-refractivity contribution >= 4 is 46.5 Å². The highest BCUT2D eigenvalue weighted by molar-refractivity contribution is 6.36. The fourth-order valence-electron chi connectivity index (χ4n) is 5.42. The molecule has 4 aromatic rings. The van der Waals surface area contributed by atoms with Gasteiger partial charge in [0.15, 0.2) is 0 Å². The van der Waals surface area contributed by atoms with Gasteiger partial charge in [0.2, 0.25) is 0 Å². The summed E-state index contributed by atoms with van der Waals surface area (Å²) in [6, 6.07) is 25.6. The molecule has 1 fully saturated rings. The van der Waals surface area contributed by atoms with Crippen molar-refractivity contribution in [1.29, 1.82) is 0 Å². The van der Waals surface area contributed by atoms with Gasteiger partial charge in [-0.3, -0.25) is 4.90 Å². The van der Waals surface area contributed by atoms with Gasteiger partial charge in [-0.15, -0.1) is 12.4 Å². The number of halogens is 3. The van der Waals surface area contributed by atoms with Crippen LogP contribution in [0.25, 0.3) is 22.2 Å². The first-order valence-corrected chi connectivity index (χ1v) is 12.7. The molecule has 178 valence electrons. The number of benzene rings is 3. The van der Waals surface area contributed by atoms with Gasteiger partial charge in [-0.2, -0.15) is 0 Å². The van der Waals surface area contributed by atoms with E-state index in [9.17, 15) is 0 Å². The maximum atomic E-state index is 6.51. The predicted octanol–water partition coefficient (Wildman–Crippen LogP) is 8.83. The average Bonchev–Trinajstić information content (AvgIpc) is 3.14. The molecule has 0 atom stereocenters. The summed E-state index contributed by atoms with van der Waals surface area (Å²) in [4.78, 5) is 2.60. The monoisotopic (exact) mass is 512 g/mol. The Morgan fingerprint density at radius 1 is 0.824 bits per heavy atom. The third kappa shape index (κ3) is 4.88. The van der Waals surface area contributed by atoms with E-state index in [-0.39, 0.29) is 12.4 Å². The van der Waals surface area contributed by atoms with E-state index in [0.717, 1.165) is 61.1 Å². The zero-order valence-corrected chi connectivity index (χ0v) is 21.8. The van der Waals surface area contributed by atoms with Crippen LogP contribution in [0.1, 0.15) is 43.2 Å². The standard InChI is InChI=1S/C29H30Cl2N2.ClH/c1-2-17-33-27-14-7-6-11-23(27)24(29(33)22-9-4-3-5-10-22)20-32-18-15-21(16-19-32)28-25(30)12-8-13-26(28)31;/h3-14,21H,2,15-20H2,1H3;1H. The Kier molecular flexibility index (Phi) is 8.26. The quantitative estimate of drug-likeness (QED) is 0.250. The van der Waals surface area contributed by atoms with Crippen LogP contribution < -0.4 is 0 Å². The fraction of sp³-hybridized carbons (Fsp3) is 0.310. The van der Waals surface area contributed by atoms with E-state index in [1.54, 1.807) is 0 Å². The molecule has 1 saturated heterocycles. The SMILES string of the molecule is CCCn1c(-c2ccccc2)c(CN2CCC(c3c(Cl)cccc3Cl)CC2)c2ccccc21.Cl. The van der Waals surface area contributed by atoms with E-state index in [2.05, 4.69) is 71.0 Å². The third-order valence-electron chi connectivity index (χ3n) is 6.95. The number of fused-ring (bicyclic) bond motifs is 1. The smallest absolute Gasteiger partial charge is 0.0537 e. The van der Waals surface area contributed by atoms with Gasteiger partial charge >= 0.3 is 0 Å². The zero-order valence-electron chi connectivity index (χ0n) is 19.5. The van der Waals surface area contributed by atoms with Crippen LogP contribution in [-0.4, -0.2) is 22.6 Å². The number of para-hydroxylation sites is 1. The first-order chi connectivity index (χ1) is 16.2. The number of hydrogen-bond acceptors (Lipinski definition) is 1. The van der Waals surface area contributed by atoms with Gasteiger partial charge in [0.25, 0.3) is 0 Å². The molecule has 0 N–H and O–H groups in total. The van der Waals surface area contributed by atoms with E-state index in [1.807, 2.05) is 18.2 Å². The van der Waals surface area contributed by atoms with Crippen LogP contribution in [0.4, 0.5) is 0 Å². The number of nitrogens with zero attached hydrogens (tertiary/aromatic N) is 2. The summed E-state index contributed by atoms with van der Waals surface area (Å²) in [5, 5.41) is 2.98. The molecular formula is C29H31Cl3N2. The van der Waals surface area contributed by atoms with Crippen molar-refractivity contribution in [3.8, 4) is 11.3 Å². The van der Waals surface area contributed by atoms with E-state index in [4.69, 9.17) is 23.2 Å². The number of aryl methyl sites for hydroxylation is 1. The normalized spacial score (nSPS) is 14.9. The summed E-state index contributed by atoms with van der Waals surface area (Å²) < 4.78 is 2.52. The lowest BCUT2D eigenvalue weighted by atomic mass is 9.89. The molecule has 34 heavy (non-hydrogen) atoms. The molecule has 2 heterocycles. The van der Waals surface area contributed by atoms with Gasteiger partial charge in [-0.1, -0.05) is 84.7 Å². The Bertz CT molecular complexity index is 1220. The van der Waals surface area contributed by atoms with Gasteiger partial charge < -0.3 is 4.57 Å². The average molecular weight is 514 g/mol. The van der Waals surface area contributed by atoms with Crippen molar-refractivity contribution in [2.24, 2.45) is 0 Å². The number of hydrogen-bond donors (Lipinski definition) is 0. The van der Waals surface area contributed by atoms with E-state index in [1.165, 1.54) is 27.7 Å². The highest BCUT2D eigenvalue weighted by atomic mass is 35.5. The molecule has 0 aliphatic carbocycles. The zero-order chi connectivity index (χ0) is 22.8. The lowest BCUT2D eigenvalue weighted by Gasteiger charge is -2.33. The minimum atomic E-state index is 0. The summed E-state index contributed by atoms with van der Waals surface area (Å²) in [6.45, 7) is 6.34. The molecule has 2 nitrogen and oxygen atoms in total. The molecule has 1 aliphatic heterocycles. The number of piperidine rings is 1. The molecule has 0 radical (unpaired) electrons. The Hall–Kier alpha value is -1.97. The van der Waals surface area contributed by atoms with Crippen LogP contribution >= 0.6 is 35.6 Å². The lowest BCUT2D eigenvalue weighted by molar-refractivity contribution is 0.205. The highest BCUT2D eigenvalue weighted by Crippen LogP contribution is 2.39. The Labute approximate surface area is 218 Å². The highest BCUT2D eigenvalue weighted by Gasteiger charge is 2.26. The van der Waals surface area contributed by atoms with Gasteiger partial charge in [-0.05, 0) is 73.2 Å². The maximum absolute atomic E-state index is 6.51. The topological polar surface area (TPSA) is 8.17 Å². The van der Waals surface area contributed by atoms with E-state index >= 15 is 0 Å². The molecule has 0 unspecified atom stereocenters. The first-order valence-electron chi connectivity index (χ1n) is 12.0. The molecular weight excluding hydrogens is 483 g/mol. The molecule has 1 aromatic heterocycles. The predicted molar refractivity (Wildman–Crippen MR) is 149 cm³/mol. The minimum Gasteiger partial charge on any atom is -0.340 e. The molecule has 5 rings (SSSR count).